The lowest BCUT2D eigenvalue weighted by Crippen LogP contribution is -2.14. The van der Waals surface area contributed by atoms with Crippen LogP contribution in [0.4, 0.5) is 15.8 Å². The zero-order valence-corrected chi connectivity index (χ0v) is 13.8. The first-order valence-electron chi connectivity index (χ1n) is 7.30. The molecule has 1 N–H and O–H groups in total. The Kier molecular flexibility index (Phi) is 5.81. The average molecular weight is 366 g/mol. The van der Waals surface area contributed by atoms with Crippen LogP contribution in [0.1, 0.15) is 12.8 Å². The number of benzene rings is 2. The highest BCUT2D eigenvalue weighted by Gasteiger charge is 2.15. The van der Waals surface area contributed by atoms with Crippen molar-refractivity contribution in [3.63, 3.8) is 0 Å². The fourth-order valence-electron chi connectivity index (χ4n) is 2.07. The highest BCUT2D eigenvalue weighted by Crippen LogP contribution is 2.16. The molecule has 1 amide bonds. The van der Waals surface area contributed by atoms with Crippen LogP contribution in [0.25, 0.3) is 0 Å². The first-order valence-corrected chi connectivity index (χ1v) is 8.96. The Morgan fingerprint density at radius 2 is 1.68 bits per heavy atom. The molecule has 2 aromatic rings. The molecule has 0 bridgehead atoms. The summed E-state index contributed by atoms with van der Waals surface area (Å²) in [6, 6.07) is 9.80. The van der Waals surface area contributed by atoms with Crippen molar-refractivity contribution in [3.05, 3.63) is 64.5 Å². The largest absolute Gasteiger partial charge is 0.326 e. The van der Waals surface area contributed by atoms with Gasteiger partial charge in [0, 0.05) is 24.2 Å². The number of nitro groups is 1. The van der Waals surface area contributed by atoms with Crippen molar-refractivity contribution in [2.75, 3.05) is 11.1 Å². The Hall–Kier alpha value is -2.81. The third-order valence-corrected chi connectivity index (χ3v) is 5.17. The standard InChI is InChI=1S/C16H15FN2O5S/c17-12-3-9-15(10-4-12)25(23,24)11-1-2-16(20)18-13-5-7-14(8-6-13)19(21)22/h3-10H,1-2,11H2,(H,18,20). The molecule has 0 aliphatic rings. The number of nitrogens with one attached hydrogen (secondary N) is 1. The minimum Gasteiger partial charge on any atom is -0.326 e. The van der Waals surface area contributed by atoms with E-state index in [1.807, 2.05) is 0 Å². The summed E-state index contributed by atoms with van der Waals surface area (Å²) in [4.78, 5) is 21.8. The normalized spacial score (nSPS) is 11.1. The van der Waals surface area contributed by atoms with Gasteiger partial charge in [-0.15, -0.1) is 0 Å². The molecule has 7 nitrogen and oxygen atoms in total. The number of hydrogen-bond donors (Lipinski definition) is 1. The van der Waals surface area contributed by atoms with E-state index in [2.05, 4.69) is 5.32 Å². The second-order valence-electron chi connectivity index (χ2n) is 5.23. The van der Waals surface area contributed by atoms with E-state index in [1.54, 1.807) is 0 Å². The fourth-order valence-corrected chi connectivity index (χ4v) is 3.38. The minimum atomic E-state index is -3.58. The number of carbonyl (C=O) groups is 1. The molecular formula is C16H15FN2O5S. The van der Waals surface area contributed by atoms with Crippen LogP contribution in [0.3, 0.4) is 0 Å². The number of nitrogens with zero attached hydrogens (tertiary/aromatic N) is 1. The number of carbonyl (C=O) groups excluding carboxylic acids is 1. The van der Waals surface area contributed by atoms with Crippen LogP contribution < -0.4 is 5.32 Å². The lowest BCUT2D eigenvalue weighted by atomic mass is 10.2. The lowest BCUT2D eigenvalue weighted by molar-refractivity contribution is -0.384. The van der Waals surface area contributed by atoms with Gasteiger partial charge in [0.25, 0.3) is 5.69 Å². The molecule has 0 saturated heterocycles. The van der Waals surface area contributed by atoms with Crippen molar-refractivity contribution in [2.45, 2.75) is 17.7 Å². The van der Waals surface area contributed by atoms with Gasteiger partial charge in [0.05, 0.1) is 15.6 Å². The van der Waals surface area contributed by atoms with Crippen LogP contribution in [-0.4, -0.2) is 25.0 Å². The topological polar surface area (TPSA) is 106 Å². The molecule has 0 saturated carbocycles. The van der Waals surface area contributed by atoms with Crippen molar-refractivity contribution in [2.24, 2.45) is 0 Å². The molecule has 0 unspecified atom stereocenters. The van der Waals surface area contributed by atoms with E-state index >= 15 is 0 Å². The van der Waals surface area contributed by atoms with Crippen molar-refractivity contribution in [1.29, 1.82) is 0 Å². The molecular weight excluding hydrogens is 351 g/mol. The highest BCUT2D eigenvalue weighted by atomic mass is 32.2. The van der Waals surface area contributed by atoms with Crippen LogP contribution in [0.2, 0.25) is 0 Å². The first kappa shape index (κ1) is 18.5. The van der Waals surface area contributed by atoms with E-state index in [0.717, 1.165) is 12.1 Å². The highest BCUT2D eigenvalue weighted by molar-refractivity contribution is 7.91. The van der Waals surface area contributed by atoms with Gasteiger partial charge < -0.3 is 5.32 Å². The van der Waals surface area contributed by atoms with Crippen molar-refractivity contribution in [1.82, 2.24) is 0 Å². The van der Waals surface area contributed by atoms with Gasteiger partial charge in [-0.05, 0) is 42.8 Å². The molecule has 9 heteroatoms. The number of halogens is 1. The third kappa shape index (κ3) is 5.35. The van der Waals surface area contributed by atoms with Gasteiger partial charge in [0.1, 0.15) is 5.82 Å². The number of rotatable bonds is 7. The average Bonchev–Trinajstić information content (AvgIpc) is 2.55. The first-order chi connectivity index (χ1) is 11.8. The maximum Gasteiger partial charge on any atom is 0.269 e. The minimum absolute atomic E-state index is 0.00433. The lowest BCUT2D eigenvalue weighted by Gasteiger charge is -2.06. The summed E-state index contributed by atoms with van der Waals surface area (Å²) in [5, 5.41) is 13.1. The summed E-state index contributed by atoms with van der Waals surface area (Å²) >= 11 is 0. The molecule has 0 aliphatic heterocycles. The number of non-ortho nitro benzene ring substituents is 1. The van der Waals surface area contributed by atoms with E-state index in [9.17, 15) is 27.7 Å². The Balaban J connectivity index is 1.85. The van der Waals surface area contributed by atoms with Gasteiger partial charge >= 0.3 is 0 Å². The molecule has 0 aromatic heterocycles. The zero-order chi connectivity index (χ0) is 18.4. The Labute approximate surface area is 143 Å². The molecule has 2 aromatic carbocycles. The summed E-state index contributed by atoms with van der Waals surface area (Å²) in [6.07, 6.45) is 0.0654. The van der Waals surface area contributed by atoms with Crippen molar-refractivity contribution in [3.8, 4) is 0 Å². The van der Waals surface area contributed by atoms with Crippen LogP contribution in [0.5, 0.6) is 0 Å². The predicted octanol–water partition coefficient (Wildman–Crippen LogP) is 2.93. The third-order valence-electron chi connectivity index (χ3n) is 3.35. The monoisotopic (exact) mass is 366 g/mol. The van der Waals surface area contributed by atoms with Crippen LogP contribution in [-0.2, 0) is 14.6 Å². The van der Waals surface area contributed by atoms with Gasteiger partial charge in [-0.1, -0.05) is 0 Å². The van der Waals surface area contributed by atoms with Gasteiger partial charge in [-0.2, -0.15) is 0 Å². The van der Waals surface area contributed by atoms with Crippen LogP contribution in [0, 0.1) is 15.9 Å². The predicted molar refractivity (Wildman–Crippen MR) is 89.4 cm³/mol. The maximum atomic E-state index is 12.8. The second kappa shape index (κ2) is 7.84. The maximum absolute atomic E-state index is 12.8. The number of anilines is 1. The number of sulfone groups is 1. The van der Waals surface area contributed by atoms with E-state index in [0.29, 0.717) is 5.69 Å². The van der Waals surface area contributed by atoms with E-state index in [4.69, 9.17) is 0 Å². The Morgan fingerprint density at radius 3 is 2.24 bits per heavy atom. The molecule has 0 fully saturated rings. The van der Waals surface area contributed by atoms with E-state index in [-0.39, 0.29) is 29.2 Å². The Morgan fingerprint density at radius 1 is 1.08 bits per heavy atom. The zero-order valence-electron chi connectivity index (χ0n) is 13.0. The fraction of sp³-hybridized carbons (Fsp3) is 0.188. The molecule has 0 heterocycles. The summed E-state index contributed by atoms with van der Waals surface area (Å²) in [5.41, 5.74) is 0.292. The second-order valence-corrected chi connectivity index (χ2v) is 7.34. The molecule has 25 heavy (non-hydrogen) atoms. The molecule has 0 atom stereocenters. The van der Waals surface area contributed by atoms with Gasteiger partial charge in [-0.25, -0.2) is 12.8 Å². The smallest absolute Gasteiger partial charge is 0.269 e. The molecule has 132 valence electrons. The molecule has 0 radical (unpaired) electrons. The summed E-state index contributed by atoms with van der Waals surface area (Å²) in [5.74, 6) is -1.17. The van der Waals surface area contributed by atoms with E-state index in [1.165, 1.54) is 36.4 Å². The van der Waals surface area contributed by atoms with Crippen molar-refractivity contribution >= 4 is 27.1 Å². The molecule has 2 rings (SSSR count). The van der Waals surface area contributed by atoms with Gasteiger partial charge in [0.2, 0.25) is 5.91 Å². The van der Waals surface area contributed by atoms with Crippen LogP contribution >= 0.6 is 0 Å². The van der Waals surface area contributed by atoms with Gasteiger partial charge in [-0.3, -0.25) is 14.9 Å². The van der Waals surface area contributed by atoms with Gasteiger partial charge in [0.15, 0.2) is 9.84 Å². The SMILES string of the molecule is O=C(CCCS(=O)(=O)c1ccc(F)cc1)Nc1ccc([N+](=O)[O-])cc1. The summed E-state index contributed by atoms with van der Waals surface area (Å²) < 4.78 is 37.0. The van der Waals surface area contributed by atoms with Crippen LogP contribution in [0.15, 0.2) is 53.4 Å². The Bertz CT molecular complexity index is 864. The van der Waals surface area contributed by atoms with Crippen molar-refractivity contribution < 1.29 is 22.5 Å². The quantitative estimate of drug-likeness (QED) is 0.461. The summed E-state index contributed by atoms with van der Waals surface area (Å²) in [7, 11) is -3.58. The number of nitro benzene ring substituents is 1. The molecule has 0 spiro atoms. The molecule has 0 aliphatic carbocycles. The number of amides is 1. The number of hydrogen-bond acceptors (Lipinski definition) is 5. The summed E-state index contributed by atoms with van der Waals surface area (Å²) in [6.45, 7) is 0. The van der Waals surface area contributed by atoms with E-state index < -0.39 is 26.5 Å².